The molecular formula is C15H21NO2. The predicted molar refractivity (Wildman–Crippen MR) is 71.1 cm³/mol. The van der Waals surface area contributed by atoms with E-state index >= 15 is 0 Å². The molecule has 1 saturated carbocycles. The average molecular weight is 247 g/mol. The number of benzene rings is 1. The summed E-state index contributed by atoms with van der Waals surface area (Å²) in [6, 6.07) is 10.2. The number of nitrogens with one attached hydrogen (secondary N) is 1. The molecule has 1 amide bonds. The molecule has 0 spiro atoms. The van der Waals surface area contributed by atoms with E-state index in [1.165, 1.54) is 5.56 Å². The van der Waals surface area contributed by atoms with Gasteiger partial charge in [-0.1, -0.05) is 36.8 Å². The van der Waals surface area contributed by atoms with Gasteiger partial charge in [-0.3, -0.25) is 4.79 Å². The SMILES string of the molecule is O=C(NCCCO)C1(Cc2ccccc2)CCC1. The fraction of sp³-hybridized carbons (Fsp3) is 0.533. The summed E-state index contributed by atoms with van der Waals surface area (Å²) in [5.41, 5.74) is 1.03. The molecule has 1 aliphatic carbocycles. The molecule has 3 heteroatoms. The van der Waals surface area contributed by atoms with Crippen molar-refractivity contribution in [3.63, 3.8) is 0 Å². The molecule has 18 heavy (non-hydrogen) atoms. The average Bonchev–Trinajstić information content (AvgIpc) is 2.35. The summed E-state index contributed by atoms with van der Waals surface area (Å²) in [4.78, 5) is 12.2. The standard InChI is InChI=1S/C15H21NO2/c17-11-5-10-16-14(18)15(8-4-9-15)12-13-6-2-1-3-7-13/h1-3,6-7,17H,4-5,8-12H2,(H,16,18). The number of rotatable bonds is 6. The van der Waals surface area contributed by atoms with Crippen LogP contribution in [0.25, 0.3) is 0 Å². The largest absolute Gasteiger partial charge is 0.396 e. The van der Waals surface area contributed by atoms with Crippen LogP contribution in [0.15, 0.2) is 30.3 Å². The Bertz CT molecular complexity index is 385. The highest BCUT2D eigenvalue weighted by molar-refractivity contribution is 5.83. The highest BCUT2D eigenvalue weighted by atomic mass is 16.3. The van der Waals surface area contributed by atoms with Crippen molar-refractivity contribution < 1.29 is 9.90 Å². The van der Waals surface area contributed by atoms with Crippen LogP contribution >= 0.6 is 0 Å². The van der Waals surface area contributed by atoms with Gasteiger partial charge in [-0.15, -0.1) is 0 Å². The third-order valence-electron chi connectivity index (χ3n) is 3.80. The smallest absolute Gasteiger partial charge is 0.226 e. The van der Waals surface area contributed by atoms with Crippen molar-refractivity contribution in [1.29, 1.82) is 0 Å². The number of aliphatic hydroxyl groups excluding tert-OH is 1. The van der Waals surface area contributed by atoms with Crippen molar-refractivity contribution in [2.75, 3.05) is 13.2 Å². The van der Waals surface area contributed by atoms with Crippen LogP contribution in [-0.2, 0) is 11.2 Å². The fourth-order valence-electron chi connectivity index (χ4n) is 2.54. The highest BCUT2D eigenvalue weighted by Gasteiger charge is 2.43. The summed E-state index contributed by atoms with van der Waals surface area (Å²) in [5, 5.41) is 11.7. The molecule has 0 aromatic heterocycles. The van der Waals surface area contributed by atoms with Gasteiger partial charge in [-0.2, -0.15) is 0 Å². The Morgan fingerprint density at radius 2 is 2.00 bits per heavy atom. The van der Waals surface area contributed by atoms with Crippen LogP contribution in [0.4, 0.5) is 0 Å². The molecule has 0 atom stereocenters. The minimum absolute atomic E-state index is 0.131. The Labute approximate surface area is 108 Å². The molecule has 0 radical (unpaired) electrons. The molecule has 0 heterocycles. The van der Waals surface area contributed by atoms with E-state index in [0.717, 1.165) is 25.7 Å². The summed E-state index contributed by atoms with van der Waals surface area (Å²) < 4.78 is 0. The van der Waals surface area contributed by atoms with Gasteiger partial charge in [0.1, 0.15) is 0 Å². The van der Waals surface area contributed by atoms with Crippen molar-refractivity contribution in [1.82, 2.24) is 5.32 Å². The van der Waals surface area contributed by atoms with Crippen LogP contribution in [0.5, 0.6) is 0 Å². The second-order valence-electron chi connectivity index (χ2n) is 5.13. The molecule has 0 unspecified atom stereocenters. The number of carbonyl (C=O) groups excluding carboxylic acids is 1. The maximum absolute atomic E-state index is 12.2. The minimum atomic E-state index is -0.198. The van der Waals surface area contributed by atoms with E-state index in [-0.39, 0.29) is 17.9 Å². The van der Waals surface area contributed by atoms with Crippen molar-refractivity contribution in [3.05, 3.63) is 35.9 Å². The van der Waals surface area contributed by atoms with E-state index in [0.29, 0.717) is 13.0 Å². The van der Waals surface area contributed by atoms with E-state index in [2.05, 4.69) is 17.4 Å². The molecule has 0 bridgehead atoms. The van der Waals surface area contributed by atoms with Crippen LogP contribution in [-0.4, -0.2) is 24.2 Å². The van der Waals surface area contributed by atoms with Crippen LogP contribution < -0.4 is 5.32 Å². The lowest BCUT2D eigenvalue weighted by Crippen LogP contribution is -2.47. The number of aliphatic hydroxyl groups is 1. The monoisotopic (exact) mass is 247 g/mol. The van der Waals surface area contributed by atoms with Crippen LogP contribution in [0.3, 0.4) is 0 Å². The second kappa shape index (κ2) is 6.01. The van der Waals surface area contributed by atoms with Gasteiger partial charge in [0.2, 0.25) is 5.91 Å². The first-order valence-electron chi connectivity index (χ1n) is 6.70. The minimum Gasteiger partial charge on any atom is -0.396 e. The normalized spacial score (nSPS) is 16.9. The molecule has 1 aromatic rings. The van der Waals surface area contributed by atoms with Gasteiger partial charge in [0.15, 0.2) is 0 Å². The Morgan fingerprint density at radius 3 is 2.56 bits per heavy atom. The number of hydrogen-bond acceptors (Lipinski definition) is 2. The summed E-state index contributed by atoms with van der Waals surface area (Å²) in [5.74, 6) is 0.158. The van der Waals surface area contributed by atoms with Gasteiger partial charge >= 0.3 is 0 Å². The number of amides is 1. The molecular weight excluding hydrogens is 226 g/mol. The molecule has 0 aliphatic heterocycles. The zero-order valence-corrected chi connectivity index (χ0v) is 10.7. The molecule has 1 aromatic carbocycles. The lowest BCUT2D eigenvalue weighted by atomic mass is 9.64. The Kier molecular flexibility index (Phi) is 4.37. The second-order valence-corrected chi connectivity index (χ2v) is 5.13. The third kappa shape index (κ3) is 2.91. The van der Waals surface area contributed by atoms with Gasteiger partial charge in [0.25, 0.3) is 0 Å². The molecule has 0 saturated heterocycles. The summed E-state index contributed by atoms with van der Waals surface area (Å²) in [7, 11) is 0. The maximum atomic E-state index is 12.2. The zero-order chi connectivity index (χ0) is 12.8. The fourth-order valence-corrected chi connectivity index (χ4v) is 2.54. The van der Waals surface area contributed by atoms with E-state index in [4.69, 9.17) is 5.11 Å². The zero-order valence-electron chi connectivity index (χ0n) is 10.7. The Morgan fingerprint density at radius 1 is 1.28 bits per heavy atom. The highest BCUT2D eigenvalue weighted by Crippen LogP contribution is 2.43. The van der Waals surface area contributed by atoms with Crippen molar-refractivity contribution >= 4 is 5.91 Å². The summed E-state index contributed by atoms with van der Waals surface area (Å²) in [6.45, 7) is 0.706. The summed E-state index contributed by atoms with van der Waals surface area (Å²) in [6.07, 6.45) is 4.56. The summed E-state index contributed by atoms with van der Waals surface area (Å²) >= 11 is 0. The van der Waals surface area contributed by atoms with Gasteiger partial charge in [0.05, 0.1) is 5.41 Å². The first kappa shape index (κ1) is 13.1. The quantitative estimate of drug-likeness (QED) is 0.754. The van der Waals surface area contributed by atoms with Crippen molar-refractivity contribution in [3.8, 4) is 0 Å². The lowest BCUT2D eigenvalue weighted by molar-refractivity contribution is -0.135. The topological polar surface area (TPSA) is 49.3 Å². The number of hydrogen-bond donors (Lipinski definition) is 2. The number of carbonyl (C=O) groups is 1. The van der Waals surface area contributed by atoms with Crippen LogP contribution in [0, 0.1) is 5.41 Å². The first-order chi connectivity index (χ1) is 8.77. The Hall–Kier alpha value is -1.35. The van der Waals surface area contributed by atoms with E-state index < -0.39 is 0 Å². The van der Waals surface area contributed by atoms with Crippen LogP contribution in [0.1, 0.15) is 31.2 Å². The van der Waals surface area contributed by atoms with E-state index in [1.807, 2.05) is 18.2 Å². The molecule has 3 nitrogen and oxygen atoms in total. The lowest BCUT2D eigenvalue weighted by Gasteiger charge is -2.40. The Balaban J connectivity index is 1.95. The van der Waals surface area contributed by atoms with Gasteiger partial charge in [-0.05, 0) is 31.2 Å². The molecule has 2 N–H and O–H groups in total. The van der Waals surface area contributed by atoms with E-state index in [1.54, 1.807) is 0 Å². The molecule has 98 valence electrons. The maximum Gasteiger partial charge on any atom is 0.226 e. The predicted octanol–water partition coefficient (Wildman–Crippen LogP) is 1.90. The molecule has 1 fully saturated rings. The van der Waals surface area contributed by atoms with Gasteiger partial charge in [-0.25, -0.2) is 0 Å². The first-order valence-corrected chi connectivity index (χ1v) is 6.70. The van der Waals surface area contributed by atoms with Gasteiger partial charge in [0, 0.05) is 13.2 Å². The molecule has 1 aliphatic rings. The third-order valence-corrected chi connectivity index (χ3v) is 3.80. The van der Waals surface area contributed by atoms with E-state index in [9.17, 15) is 4.79 Å². The van der Waals surface area contributed by atoms with Crippen molar-refractivity contribution in [2.45, 2.75) is 32.1 Å². The van der Waals surface area contributed by atoms with Gasteiger partial charge < -0.3 is 10.4 Å². The van der Waals surface area contributed by atoms with Crippen LogP contribution in [0.2, 0.25) is 0 Å². The molecule has 2 rings (SSSR count). The van der Waals surface area contributed by atoms with Crippen molar-refractivity contribution in [2.24, 2.45) is 5.41 Å².